The molecule has 1 aromatic heterocycles. The van der Waals surface area contributed by atoms with E-state index in [4.69, 9.17) is 15.0 Å². The maximum absolute atomic E-state index is 5.91. The zero-order valence-electron chi connectivity index (χ0n) is 11.6. The number of benzene rings is 2. The highest BCUT2D eigenvalue weighted by Gasteiger charge is 2.11. The summed E-state index contributed by atoms with van der Waals surface area (Å²) in [6.45, 7) is 0. The second-order valence-electron chi connectivity index (χ2n) is 4.63. The van der Waals surface area contributed by atoms with E-state index >= 15 is 0 Å². The summed E-state index contributed by atoms with van der Waals surface area (Å²) in [5.41, 5.74) is 8.37. The lowest BCUT2D eigenvalue weighted by Gasteiger charge is -2.01. The molecule has 0 fully saturated rings. The first-order chi connectivity index (χ1) is 10.3. The fourth-order valence-electron chi connectivity index (χ4n) is 2.09. The summed E-state index contributed by atoms with van der Waals surface area (Å²) in [4.78, 5) is 4.39. The van der Waals surface area contributed by atoms with Gasteiger partial charge in [0.2, 0.25) is 11.7 Å². The van der Waals surface area contributed by atoms with Gasteiger partial charge in [-0.25, -0.2) is 0 Å². The normalized spacial score (nSPS) is 10.5. The Morgan fingerprint density at radius 3 is 2.81 bits per heavy atom. The third kappa shape index (κ3) is 2.86. The Hall–Kier alpha value is -2.82. The number of anilines is 1. The van der Waals surface area contributed by atoms with E-state index in [1.807, 2.05) is 48.5 Å². The Kier molecular flexibility index (Phi) is 3.55. The summed E-state index contributed by atoms with van der Waals surface area (Å²) in [7, 11) is 1.64. The van der Waals surface area contributed by atoms with Crippen LogP contribution in [0.3, 0.4) is 0 Å². The van der Waals surface area contributed by atoms with Gasteiger partial charge in [0, 0.05) is 11.3 Å². The SMILES string of the molecule is COc1cccc(Cc2nc(-c3ccccc3N)no2)c1. The maximum Gasteiger partial charge on any atom is 0.231 e. The standard InChI is InChI=1S/C16H15N3O2/c1-20-12-6-4-5-11(9-12)10-15-18-16(19-21-15)13-7-2-3-8-14(13)17/h2-9H,10,17H2,1H3. The molecule has 1 heterocycles. The Balaban J connectivity index is 1.84. The predicted molar refractivity (Wildman–Crippen MR) is 79.9 cm³/mol. The third-order valence-electron chi connectivity index (χ3n) is 3.16. The van der Waals surface area contributed by atoms with E-state index in [1.54, 1.807) is 7.11 Å². The lowest BCUT2D eigenvalue weighted by molar-refractivity contribution is 0.385. The van der Waals surface area contributed by atoms with Gasteiger partial charge in [-0.05, 0) is 29.8 Å². The van der Waals surface area contributed by atoms with Gasteiger partial charge in [-0.2, -0.15) is 4.98 Å². The van der Waals surface area contributed by atoms with E-state index in [-0.39, 0.29) is 0 Å². The number of nitrogens with zero attached hydrogens (tertiary/aromatic N) is 2. The highest BCUT2D eigenvalue weighted by Crippen LogP contribution is 2.23. The third-order valence-corrected chi connectivity index (χ3v) is 3.16. The smallest absolute Gasteiger partial charge is 0.231 e. The van der Waals surface area contributed by atoms with Gasteiger partial charge in [0.25, 0.3) is 0 Å². The molecule has 2 aromatic carbocycles. The van der Waals surface area contributed by atoms with Crippen molar-refractivity contribution in [2.45, 2.75) is 6.42 Å². The topological polar surface area (TPSA) is 74.2 Å². The van der Waals surface area contributed by atoms with Crippen molar-refractivity contribution in [1.82, 2.24) is 10.1 Å². The Morgan fingerprint density at radius 1 is 1.14 bits per heavy atom. The zero-order valence-corrected chi connectivity index (χ0v) is 11.6. The van der Waals surface area contributed by atoms with Gasteiger partial charge in [0.1, 0.15) is 5.75 Å². The molecule has 21 heavy (non-hydrogen) atoms. The van der Waals surface area contributed by atoms with Crippen molar-refractivity contribution in [3.05, 3.63) is 60.0 Å². The summed E-state index contributed by atoms with van der Waals surface area (Å²) in [6.07, 6.45) is 0.553. The van der Waals surface area contributed by atoms with Gasteiger partial charge < -0.3 is 15.0 Å². The van der Waals surface area contributed by atoms with Crippen LogP contribution in [0.5, 0.6) is 5.75 Å². The van der Waals surface area contributed by atoms with Crippen LogP contribution in [-0.2, 0) is 6.42 Å². The Labute approximate surface area is 122 Å². The minimum absolute atomic E-state index is 0.506. The summed E-state index contributed by atoms with van der Waals surface area (Å²) in [6, 6.07) is 15.2. The molecule has 0 unspecified atom stereocenters. The first kappa shape index (κ1) is 13.2. The molecule has 106 valence electrons. The molecule has 0 saturated heterocycles. The zero-order chi connectivity index (χ0) is 14.7. The molecule has 3 rings (SSSR count). The predicted octanol–water partition coefficient (Wildman–Crippen LogP) is 2.92. The molecule has 0 aliphatic rings. The van der Waals surface area contributed by atoms with Crippen molar-refractivity contribution in [1.29, 1.82) is 0 Å². The first-order valence-electron chi connectivity index (χ1n) is 6.56. The number of hydrogen-bond donors (Lipinski definition) is 1. The minimum atomic E-state index is 0.506. The van der Waals surface area contributed by atoms with E-state index < -0.39 is 0 Å². The molecule has 0 bridgehead atoms. The van der Waals surface area contributed by atoms with Gasteiger partial charge in [-0.1, -0.05) is 29.4 Å². The Morgan fingerprint density at radius 2 is 2.00 bits per heavy atom. The number of nitrogens with two attached hydrogens (primary N) is 1. The molecule has 0 atom stereocenters. The van der Waals surface area contributed by atoms with Gasteiger partial charge >= 0.3 is 0 Å². The van der Waals surface area contributed by atoms with Gasteiger partial charge in [-0.3, -0.25) is 0 Å². The van der Waals surface area contributed by atoms with Crippen LogP contribution in [0, 0.1) is 0 Å². The summed E-state index contributed by atoms with van der Waals surface area (Å²) < 4.78 is 10.5. The molecule has 2 N–H and O–H groups in total. The fraction of sp³-hybridized carbons (Fsp3) is 0.125. The van der Waals surface area contributed by atoms with Crippen LogP contribution in [0.4, 0.5) is 5.69 Å². The summed E-state index contributed by atoms with van der Waals surface area (Å²) in [5.74, 6) is 1.85. The van der Waals surface area contributed by atoms with Crippen LogP contribution in [0.15, 0.2) is 53.1 Å². The number of ether oxygens (including phenoxy) is 1. The molecule has 0 amide bonds. The number of para-hydroxylation sites is 1. The molecule has 0 radical (unpaired) electrons. The van der Waals surface area contributed by atoms with Gasteiger partial charge in [-0.15, -0.1) is 0 Å². The second-order valence-corrected chi connectivity index (χ2v) is 4.63. The quantitative estimate of drug-likeness (QED) is 0.744. The Bertz CT molecular complexity index is 753. The molecular weight excluding hydrogens is 266 g/mol. The second kappa shape index (κ2) is 5.66. The first-order valence-corrected chi connectivity index (χ1v) is 6.56. The van der Waals surface area contributed by atoms with E-state index in [9.17, 15) is 0 Å². The number of rotatable bonds is 4. The van der Waals surface area contributed by atoms with Crippen molar-refractivity contribution in [3.63, 3.8) is 0 Å². The molecule has 3 aromatic rings. The molecule has 0 saturated carbocycles. The molecule has 5 nitrogen and oxygen atoms in total. The summed E-state index contributed by atoms with van der Waals surface area (Å²) >= 11 is 0. The monoisotopic (exact) mass is 281 g/mol. The van der Waals surface area contributed by atoms with Crippen LogP contribution < -0.4 is 10.5 Å². The van der Waals surface area contributed by atoms with Gasteiger partial charge in [0.15, 0.2) is 0 Å². The number of nitrogen functional groups attached to an aromatic ring is 1. The van der Waals surface area contributed by atoms with E-state index in [0.717, 1.165) is 16.9 Å². The fourth-order valence-corrected chi connectivity index (χ4v) is 2.09. The maximum atomic E-state index is 5.91. The van der Waals surface area contributed by atoms with Crippen molar-refractivity contribution in [2.75, 3.05) is 12.8 Å². The van der Waals surface area contributed by atoms with Crippen molar-refractivity contribution < 1.29 is 9.26 Å². The largest absolute Gasteiger partial charge is 0.497 e. The lowest BCUT2D eigenvalue weighted by Crippen LogP contribution is -1.92. The van der Waals surface area contributed by atoms with E-state index in [0.29, 0.717) is 23.8 Å². The average Bonchev–Trinajstić information content (AvgIpc) is 2.96. The average molecular weight is 281 g/mol. The minimum Gasteiger partial charge on any atom is -0.497 e. The van der Waals surface area contributed by atoms with Crippen LogP contribution in [0.1, 0.15) is 11.5 Å². The van der Waals surface area contributed by atoms with Crippen LogP contribution in [-0.4, -0.2) is 17.3 Å². The van der Waals surface area contributed by atoms with Crippen molar-refractivity contribution in [3.8, 4) is 17.1 Å². The molecule has 5 heteroatoms. The van der Waals surface area contributed by atoms with Crippen LogP contribution in [0.2, 0.25) is 0 Å². The van der Waals surface area contributed by atoms with Crippen LogP contribution in [0.25, 0.3) is 11.4 Å². The number of hydrogen-bond acceptors (Lipinski definition) is 5. The van der Waals surface area contributed by atoms with E-state index in [1.165, 1.54) is 0 Å². The number of aromatic nitrogens is 2. The lowest BCUT2D eigenvalue weighted by atomic mass is 10.1. The number of methoxy groups -OCH3 is 1. The summed E-state index contributed by atoms with van der Waals surface area (Å²) in [5, 5.41) is 3.99. The van der Waals surface area contributed by atoms with Crippen molar-refractivity contribution >= 4 is 5.69 Å². The molecular formula is C16H15N3O2. The molecule has 0 aliphatic carbocycles. The van der Waals surface area contributed by atoms with Crippen LogP contribution >= 0.6 is 0 Å². The van der Waals surface area contributed by atoms with E-state index in [2.05, 4.69) is 10.1 Å². The molecule has 0 spiro atoms. The highest BCUT2D eigenvalue weighted by molar-refractivity contribution is 5.70. The molecule has 0 aliphatic heterocycles. The van der Waals surface area contributed by atoms with Crippen molar-refractivity contribution in [2.24, 2.45) is 0 Å². The van der Waals surface area contributed by atoms with Gasteiger partial charge in [0.05, 0.1) is 13.5 Å². The highest BCUT2D eigenvalue weighted by atomic mass is 16.5.